The minimum absolute atomic E-state index is 0.758. The van der Waals surface area contributed by atoms with Gasteiger partial charge in [-0.1, -0.05) is 6.07 Å². The first kappa shape index (κ1) is 8.21. The summed E-state index contributed by atoms with van der Waals surface area (Å²) in [5, 5.41) is 0. The fraction of sp³-hybridized carbons (Fsp3) is 0.444. The summed E-state index contributed by atoms with van der Waals surface area (Å²) < 4.78 is 0. The average Bonchev–Trinajstić information content (AvgIpc) is 2.04. The zero-order valence-electron chi connectivity index (χ0n) is 6.88. The van der Waals surface area contributed by atoms with Crippen LogP contribution in [0.25, 0.3) is 0 Å². The number of nitrogens with two attached hydrogens (primary N) is 1. The minimum Gasteiger partial charge on any atom is -0.330 e. The van der Waals surface area contributed by atoms with Crippen molar-refractivity contribution in [2.75, 3.05) is 6.54 Å². The van der Waals surface area contributed by atoms with Gasteiger partial charge in [0.2, 0.25) is 0 Å². The van der Waals surface area contributed by atoms with E-state index in [-0.39, 0.29) is 0 Å². The quantitative estimate of drug-likeness (QED) is 0.705. The molecule has 0 unspecified atom stereocenters. The highest BCUT2D eigenvalue weighted by molar-refractivity contribution is 5.12. The molecule has 0 aliphatic heterocycles. The Bertz CT molecular complexity index is 203. The fourth-order valence-corrected chi connectivity index (χ4v) is 0.953. The molecule has 1 rings (SSSR count). The van der Waals surface area contributed by atoms with Crippen LogP contribution in [0, 0.1) is 6.92 Å². The zero-order chi connectivity index (χ0) is 8.10. The number of hydrogen-bond acceptors (Lipinski definition) is 2. The lowest BCUT2D eigenvalue weighted by molar-refractivity contribution is 0.827. The predicted octanol–water partition coefficient (Wildman–Crippen LogP) is 1.28. The van der Waals surface area contributed by atoms with Crippen LogP contribution in [-0.4, -0.2) is 11.5 Å². The van der Waals surface area contributed by atoms with E-state index in [2.05, 4.69) is 11.1 Å². The summed E-state index contributed by atoms with van der Waals surface area (Å²) in [6, 6.07) is 4.14. The average molecular weight is 150 g/mol. The van der Waals surface area contributed by atoms with Crippen LogP contribution in [0.1, 0.15) is 17.7 Å². The van der Waals surface area contributed by atoms with Crippen LogP contribution in [0.4, 0.5) is 0 Å². The molecule has 1 aromatic rings. The number of aromatic nitrogens is 1. The molecule has 0 amide bonds. The minimum atomic E-state index is 0.758. The molecular weight excluding hydrogens is 136 g/mol. The van der Waals surface area contributed by atoms with Crippen molar-refractivity contribution in [3.05, 3.63) is 29.6 Å². The molecule has 1 heterocycles. The maximum atomic E-state index is 5.39. The molecule has 0 aliphatic carbocycles. The second kappa shape index (κ2) is 4.09. The predicted molar refractivity (Wildman–Crippen MR) is 46.3 cm³/mol. The Morgan fingerprint density at radius 3 is 2.82 bits per heavy atom. The summed E-state index contributed by atoms with van der Waals surface area (Å²) in [6.07, 6.45) is 4.01. The summed E-state index contributed by atoms with van der Waals surface area (Å²) in [4.78, 5) is 4.19. The van der Waals surface area contributed by atoms with Gasteiger partial charge in [0.05, 0.1) is 0 Å². The number of aryl methyl sites for hydroxylation is 2. The van der Waals surface area contributed by atoms with Crippen molar-refractivity contribution in [2.45, 2.75) is 19.8 Å². The Labute approximate surface area is 67.5 Å². The van der Waals surface area contributed by atoms with Crippen molar-refractivity contribution >= 4 is 0 Å². The molecule has 2 nitrogen and oxygen atoms in total. The van der Waals surface area contributed by atoms with Crippen LogP contribution >= 0.6 is 0 Å². The first-order valence-electron chi connectivity index (χ1n) is 3.94. The fourth-order valence-electron chi connectivity index (χ4n) is 0.953. The van der Waals surface area contributed by atoms with E-state index in [1.165, 1.54) is 5.56 Å². The molecule has 0 fully saturated rings. The zero-order valence-corrected chi connectivity index (χ0v) is 6.88. The monoisotopic (exact) mass is 150 g/mol. The molecule has 0 spiro atoms. The summed E-state index contributed by atoms with van der Waals surface area (Å²) in [5.74, 6) is 0. The van der Waals surface area contributed by atoms with E-state index in [0.29, 0.717) is 0 Å². The molecule has 0 aliphatic rings. The second-order valence-corrected chi connectivity index (χ2v) is 2.70. The number of rotatable bonds is 3. The van der Waals surface area contributed by atoms with E-state index in [0.717, 1.165) is 25.1 Å². The molecule has 0 atom stereocenters. The highest BCUT2D eigenvalue weighted by Crippen LogP contribution is 2.01. The van der Waals surface area contributed by atoms with Gasteiger partial charge < -0.3 is 5.73 Å². The Morgan fingerprint density at radius 2 is 2.27 bits per heavy atom. The van der Waals surface area contributed by atoms with Crippen molar-refractivity contribution < 1.29 is 0 Å². The molecule has 0 radical (unpaired) electrons. The van der Waals surface area contributed by atoms with E-state index in [1.807, 2.05) is 19.2 Å². The van der Waals surface area contributed by atoms with Crippen molar-refractivity contribution in [1.82, 2.24) is 4.98 Å². The molecule has 0 bridgehead atoms. The number of hydrogen-bond donors (Lipinski definition) is 1. The van der Waals surface area contributed by atoms with E-state index in [9.17, 15) is 0 Å². The van der Waals surface area contributed by atoms with Crippen LogP contribution in [-0.2, 0) is 6.42 Å². The lowest BCUT2D eigenvalue weighted by Gasteiger charge is -1.98. The van der Waals surface area contributed by atoms with Crippen LogP contribution in [0.15, 0.2) is 18.3 Å². The lowest BCUT2D eigenvalue weighted by atomic mass is 10.1. The van der Waals surface area contributed by atoms with Gasteiger partial charge in [0, 0.05) is 11.9 Å². The van der Waals surface area contributed by atoms with Crippen LogP contribution in [0.3, 0.4) is 0 Å². The number of nitrogens with zero attached hydrogens (tertiary/aromatic N) is 1. The van der Waals surface area contributed by atoms with E-state index >= 15 is 0 Å². The van der Waals surface area contributed by atoms with Crippen molar-refractivity contribution in [3.8, 4) is 0 Å². The smallest absolute Gasteiger partial charge is 0.0372 e. The van der Waals surface area contributed by atoms with Gasteiger partial charge >= 0.3 is 0 Å². The first-order valence-corrected chi connectivity index (χ1v) is 3.94. The van der Waals surface area contributed by atoms with Gasteiger partial charge in [-0.15, -0.1) is 0 Å². The topological polar surface area (TPSA) is 38.9 Å². The third-order valence-electron chi connectivity index (χ3n) is 1.64. The van der Waals surface area contributed by atoms with Gasteiger partial charge in [-0.05, 0) is 37.9 Å². The van der Waals surface area contributed by atoms with E-state index in [1.54, 1.807) is 0 Å². The molecule has 11 heavy (non-hydrogen) atoms. The Hall–Kier alpha value is -0.890. The first-order chi connectivity index (χ1) is 5.33. The van der Waals surface area contributed by atoms with Gasteiger partial charge in [0.25, 0.3) is 0 Å². The normalized spacial score (nSPS) is 10.0. The number of pyridine rings is 1. The molecule has 2 N–H and O–H groups in total. The van der Waals surface area contributed by atoms with Crippen molar-refractivity contribution in [2.24, 2.45) is 5.73 Å². The van der Waals surface area contributed by atoms with Gasteiger partial charge in [0.1, 0.15) is 0 Å². The van der Waals surface area contributed by atoms with E-state index in [4.69, 9.17) is 5.73 Å². The molecule has 0 saturated carbocycles. The summed E-state index contributed by atoms with van der Waals surface area (Å²) in [5.41, 5.74) is 7.74. The molecular formula is C9H14N2. The molecule has 60 valence electrons. The standard InChI is InChI=1S/C9H14N2/c1-8-4-5-9(7-11-8)3-2-6-10/h4-5,7H,2-3,6,10H2,1H3. The third-order valence-corrected chi connectivity index (χ3v) is 1.64. The Kier molecular flexibility index (Phi) is 3.05. The van der Waals surface area contributed by atoms with Gasteiger partial charge in [-0.2, -0.15) is 0 Å². The van der Waals surface area contributed by atoms with Crippen LogP contribution in [0.2, 0.25) is 0 Å². The molecule has 0 saturated heterocycles. The van der Waals surface area contributed by atoms with Crippen LogP contribution < -0.4 is 5.73 Å². The second-order valence-electron chi connectivity index (χ2n) is 2.70. The lowest BCUT2D eigenvalue weighted by Crippen LogP contribution is -2.00. The Morgan fingerprint density at radius 1 is 1.45 bits per heavy atom. The largest absolute Gasteiger partial charge is 0.330 e. The third kappa shape index (κ3) is 2.68. The molecule has 0 aromatic carbocycles. The Balaban J connectivity index is 2.52. The maximum Gasteiger partial charge on any atom is 0.0372 e. The maximum absolute atomic E-state index is 5.39. The summed E-state index contributed by atoms with van der Waals surface area (Å²) in [6.45, 7) is 2.75. The van der Waals surface area contributed by atoms with Crippen molar-refractivity contribution in [1.29, 1.82) is 0 Å². The van der Waals surface area contributed by atoms with Crippen LogP contribution in [0.5, 0.6) is 0 Å². The molecule has 2 heteroatoms. The summed E-state index contributed by atoms with van der Waals surface area (Å²) >= 11 is 0. The highest BCUT2D eigenvalue weighted by atomic mass is 14.7. The van der Waals surface area contributed by atoms with Crippen molar-refractivity contribution in [3.63, 3.8) is 0 Å². The molecule has 1 aromatic heterocycles. The van der Waals surface area contributed by atoms with Gasteiger partial charge in [-0.3, -0.25) is 4.98 Å². The van der Waals surface area contributed by atoms with Gasteiger partial charge in [-0.25, -0.2) is 0 Å². The summed E-state index contributed by atoms with van der Waals surface area (Å²) in [7, 11) is 0. The van der Waals surface area contributed by atoms with Gasteiger partial charge in [0.15, 0.2) is 0 Å². The highest BCUT2D eigenvalue weighted by Gasteiger charge is 1.91. The SMILES string of the molecule is Cc1ccc(CCCN)cn1. The van der Waals surface area contributed by atoms with E-state index < -0.39 is 0 Å².